The van der Waals surface area contributed by atoms with Gasteiger partial charge in [-0.25, -0.2) is 17.5 Å². The first kappa shape index (κ1) is 15.7. The van der Waals surface area contributed by atoms with Crippen LogP contribution in [0.2, 0.25) is 0 Å². The third-order valence-corrected chi connectivity index (χ3v) is 4.38. The fraction of sp³-hybridized carbons (Fsp3) is 0.357. The van der Waals surface area contributed by atoms with Gasteiger partial charge < -0.3 is 0 Å². The zero-order valence-electron chi connectivity index (χ0n) is 12.0. The van der Waals surface area contributed by atoms with E-state index in [1.54, 1.807) is 16.9 Å². The Morgan fingerprint density at radius 1 is 1.38 bits per heavy atom. The number of nitrogens with one attached hydrogen (secondary N) is 1. The molecule has 0 radical (unpaired) electrons. The van der Waals surface area contributed by atoms with Crippen molar-refractivity contribution in [2.24, 2.45) is 0 Å². The molecule has 0 unspecified atom stereocenters. The molecule has 7 heteroatoms. The molecule has 2 aromatic rings. The Morgan fingerprint density at radius 2 is 2.10 bits per heavy atom. The molecule has 0 spiro atoms. The van der Waals surface area contributed by atoms with Crippen LogP contribution in [0.15, 0.2) is 36.7 Å². The minimum absolute atomic E-state index is 0.117. The first-order chi connectivity index (χ1) is 9.87. The van der Waals surface area contributed by atoms with Gasteiger partial charge >= 0.3 is 0 Å². The van der Waals surface area contributed by atoms with Gasteiger partial charge in [-0.3, -0.25) is 4.68 Å². The number of benzene rings is 1. The predicted molar refractivity (Wildman–Crippen MR) is 78.7 cm³/mol. The number of aromatic nitrogens is 2. The Bertz CT molecular complexity index is 713. The molecule has 1 aromatic heterocycles. The van der Waals surface area contributed by atoms with Crippen LogP contribution in [0.3, 0.4) is 0 Å². The van der Waals surface area contributed by atoms with Gasteiger partial charge in [0.05, 0.1) is 18.0 Å². The van der Waals surface area contributed by atoms with Crippen molar-refractivity contribution in [1.29, 1.82) is 0 Å². The van der Waals surface area contributed by atoms with Gasteiger partial charge in [-0.15, -0.1) is 0 Å². The molecule has 0 fully saturated rings. The molecule has 0 bridgehead atoms. The highest BCUT2D eigenvalue weighted by atomic mass is 32.2. The van der Waals surface area contributed by atoms with Crippen molar-refractivity contribution in [1.82, 2.24) is 14.5 Å². The van der Waals surface area contributed by atoms with Crippen LogP contribution >= 0.6 is 0 Å². The van der Waals surface area contributed by atoms with E-state index in [1.807, 2.05) is 20.0 Å². The molecule has 5 nitrogen and oxygen atoms in total. The Morgan fingerprint density at radius 3 is 2.71 bits per heavy atom. The average Bonchev–Trinajstić information content (AvgIpc) is 2.85. The summed E-state index contributed by atoms with van der Waals surface area (Å²) in [7, 11) is -3.58. The molecule has 0 saturated carbocycles. The molecule has 2 rings (SSSR count). The molecule has 0 aliphatic heterocycles. The summed E-state index contributed by atoms with van der Waals surface area (Å²) >= 11 is 0. The smallest absolute Gasteiger partial charge is 0.215 e. The van der Waals surface area contributed by atoms with Crippen molar-refractivity contribution in [3.05, 3.63) is 53.6 Å². The summed E-state index contributed by atoms with van der Waals surface area (Å²) in [5.41, 5.74) is 1.17. The Kier molecular flexibility index (Phi) is 4.74. The van der Waals surface area contributed by atoms with Crippen LogP contribution in [0.25, 0.3) is 0 Å². The molecule has 21 heavy (non-hydrogen) atoms. The second-order valence-corrected chi connectivity index (χ2v) is 6.85. The van der Waals surface area contributed by atoms with Crippen LogP contribution in [0.4, 0.5) is 4.39 Å². The van der Waals surface area contributed by atoms with Crippen LogP contribution in [0.1, 0.15) is 24.1 Å². The van der Waals surface area contributed by atoms with Crippen molar-refractivity contribution in [2.75, 3.05) is 6.54 Å². The Balaban J connectivity index is 1.97. The topological polar surface area (TPSA) is 64.0 Å². The SMILES string of the molecule is Cc1cnn([C@H](C)CNS(=O)(=O)Cc2ccccc2F)c1. The fourth-order valence-electron chi connectivity index (χ4n) is 1.89. The van der Waals surface area contributed by atoms with E-state index in [9.17, 15) is 12.8 Å². The van der Waals surface area contributed by atoms with Crippen molar-refractivity contribution in [3.63, 3.8) is 0 Å². The summed E-state index contributed by atoms with van der Waals surface area (Å²) < 4.78 is 41.6. The fourth-order valence-corrected chi connectivity index (χ4v) is 3.13. The monoisotopic (exact) mass is 311 g/mol. The van der Waals surface area contributed by atoms with E-state index >= 15 is 0 Å². The lowest BCUT2D eigenvalue weighted by molar-refractivity contribution is 0.478. The summed E-state index contributed by atoms with van der Waals surface area (Å²) in [6.07, 6.45) is 3.56. The molecule has 1 N–H and O–H groups in total. The van der Waals surface area contributed by atoms with Gasteiger partial charge in [-0.1, -0.05) is 18.2 Å². The van der Waals surface area contributed by atoms with Crippen molar-refractivity contribution < 1.29 is 12.8 Å². The number of halogens is 1. The van der Waals surface area contributed by atoms with Crippen molar-refractivity contribution >= 4 is 10.0 Å². The maximum Gasteiger partial charge on any atom is 0.215 e. The van der Waals surface area contributed by atoms with Gasteiger partial charge in [0, 0.05) is 18.3 Å². The normalized spacial score (nSPS) is 13.3. The molecule has 1 heterocycles. The van der Waals surface area contributed by atoms with E-state index in [0.717, 1.165) is 5.56 Å². The highest BCUT2D eigenvalue weighted by molar-refractivity contribution is 7.88. The van der Waals surface area contributed by atoms with Gasteiger partial charge in [0.15, 0.2) is 0 Å². The molecule has 0 aliphatic carbocycles. The average molecular weight is 311 g/mol. The standard InChI is InChI=1S/C14H18FN3O2S/c1-11-7-16-18(9-11)12(2)8-17-21(19,20)10-13-5-3-4-6-14(13)15/h3-7,9,12,17H,8,10H2,1-2H3/t12-/m1/s1. The van der Waals surface area contributed by atoms with Crippen molar-refractivity contribution in [2.45, 2.75) is 25.6 Å². The third kappa shape index (κ3) is 4.37. The third-order valence-electron chi connectivity index (χ3n) is 3.08. The molecule has 114 valence electrons. The number of nitrogens with zero attached hydrogens (tertiary/aromatic N) is 2. The van der Waals surface area contributed by atoms with Gasteiger partial charge in [0.25, 0.3) is 0 Å². The number of rotatable bonds is 6. The lowest BCUT2D eigenvalue weighted by atomic mass is 10.2. The van der Waals surface area contributed by atoms with E-state index in [2.05, 4.69) is 9.82 Å². The number of aryl methyl sites for hydroxylation is 1. The second-order valence-electron chi connectivity index (χ2n) is 5.05. The van der Waals surface area contributed by atoms with Crippen LogP contribution in [-0.2, 0) is 15.8 Å². The van der Waals surface area contributed by atoms with Gasteiger partial charge in [0.2, 0.25) is 10.0 Å². The predicted octanol–water partition coefficient (Wildman–Crippen LogP) is 2.01. The molecule has 0 saturated heterocycles. The van der Waals surface area contributed by atoms with Crippen LogP contribution in [-0.4, -0.2) is 24.7 Å². The number of hydrogen-bond acceptors (Lipinski definition) is 3. The summed E-state index contributed by atoms with van der Waals surface area (Å²) in [5.74, 6) is -0.886. The molecular formula is C14H18FN3O2S. The number of hydrogen-bond donors (Lipinski definition) is 1. The minimum Gasteiger partial charge on any atom is -0.268 e. The largest absolute Gasteiger partial charge is 0.268 e. The maximum atomic E-state index is 13.5. The van der Waals surface area contributed by atoms with Crippen LogP contribution in [0, 0.1) is 12.7 Å². The van der Waals surface area contributed by atoms with Gasteiger partial charge in [-0.05, 0) is 25.5 Å². The van der Waals surface area contributed by atoms with E-state index in [0.29, 0.717) is 0 Å². The lowest BCUT2D eigenvalue weighted by Crippen LogP contribution is -2.31. The molecular weight excluding hydrogens is 293 g/mol. The first-order valence-corrected chi connectivity index (χ1v) is 8.24. The summed E-state index contributed by atoms with van der Waals surface area (Å²) in [5, 5.41) is 4.14. The Labute approximate surface area is 123 Å². The van der Waals surface area contributed by atoms with Crippen LogP contribution in [0.5, 0.6) is 0 Å². The minimum atomic E-state index is -3.58. The van der Waals surface area contributed by atoms with Crippen molar-refractivity contribution in [3.8, 4) is 0 Å². The first-order valence-electron chi connectivity index (χ1n) is 6.59. The summed E-state index contributed by atoms with van der Waals surface area (Å²) in [6.45, 7) is 3.98. The quantitative estimate of drug-likeness (QED) is 0.887. The maximum absolute atomic E-state index is 13.5. The number of sulfonamides is 1. The van der Waals surface area contributed by atoms with Crippen LogP contribution < -0.4 is 4.72 Å². The summed E-state index contributed by atoms with van der Waals surface area (Å²) in [6, 6.07) is 5.74. The molecule has 0 amide bonds. The molecule has 1 aromatic carbocycles. The van der Waals surface area contributed by atoms with E-state index in [1.165, 1.54) is 18.2 Å². The summed E-state index contributed by atoms with van der Waals surface area (Å²) in [4.78, 5) is 0. The highest BCUT2D eigenvalue weighted by Gasteiger charge is 2.16. The van der Waals surface area contributed by atoms with E-state index in [4.69, 9.17) is 0 Å². The lowest BCUT2D eigenvalue weighted by Gasteiger charge is -2.13. The van der Waals surface area contributed by atoms with Gasteiger partial charge in [0.1, 0.15) is 5.82 Å². The zero-order valence-corrected chi connectivity index (χ0v) is 12.8. The van der Waals surface area contributed by atoms with E-state index < -0.39 is 15.8 Å². The Hall–Kier alpha value is -1.73. The zero-order chi connectivity index (χ0) is 15.5. The second kappa shape index (κ2) is 6.36. The molecule has 0 aliphatic rings. The van der Waals surface area contributed by atoms with E-state index in [-0.39, 0.29) is 23.9 Å². The molecule has 1 atom stereocenters. The highest BCUT2D eigenvalue weighted by Crippen LogP contribution is 2.11. The van der Waals surface area contributed by atoms with Gasteiger partial charge in [-0.2, -0.15) is 5.10 Å².